The maximum atomic E-state index is 11.2. The second-order valence-electron chi connectivity index (χ2n) is 9.01. The van der Waals surface area contributed by atoms with Gasteiger partial charge in [0, 0.05) is 30.3 Å². The molecule has 0 saturated heterocycles. The van der Waals surface area contributed by atoms with Gasteiger partial charge in [-0.3, -0.25) is 0 Å². The van der Waals surface area contributed by atoms with Gasteiger partial charge in [-0.2, -0.15) is 0 Å². The van der Waals surface area contributed by atoms with E-state index in [2.05, 4.69) is 50.4 Å². The van der Waals surface area contributed by atoms with Crippen LogP contribution in [0.5, 0.6) is 0 Å². The Morgan fingerprint density at radius 2 is 0.974 bits per heavy atom. The second-order valence-corrected chi connectivity index (χ2v) is 12.4. The predicted molar refractivity (Wildman–Crippen MR) is 178 cm³/mol. The van der Waals surface area contributed by atoms with Gasteiger partial charge in [-0.05, 0) is 123 Å². The second kappa shape index (κ2) is 14.6. The van der Waals surface area contributed by atoms with Crippen molar-refractivity contribution in [1.29, 1.82) is 0 Å². The minimum absolute atomic E-state index is 0.120. The van der Waals surface area contributed by atoms with Gasteiger partial charge < -0.3 is 26.2 Å². The summed E-state index contributed by atoms with van der Waals surface area (Å²) in [6.07, 6.45) is 0. The van der Waals surface area contributed by atoms with Crippen LogP contribution in [0.1, 0.15) is 22.3 Å². The van der Waals surface area contributed by atoms with Crippen molar-refractivity contribution < 1.29 is 15.2 Å². The number of benzene rings is 4. The molecule has 0 bridgehead atoms. The van der Waals surface area contributed by atoms with E-state index in [9.17, 15) is 15.2 Å². The van der Waals surface area contributed by atoms with Crippen LogP contribution in [-0.2, 0) is 11.2 Å². The van der Waals surface area contributed by atoms with Crippen LogP contribution >= 0.6 is 68.4 Å². The third-order valence-corrected chi connectivity index (χ3v) is 8.18. The van der Waals surface area contributed by atoms with E-state index >= 15 is 0 Å². The Morgan fingerprint density at radius 3 is 1.28 bits per heavy atom. The Hall–Kier alpha value is -1.22. The summed E-state index contributed by atoms with van der Waals surface area (Å²) < 4.78 is 2.21. The number of hydrogen-bond donors (Lipinski definition) is 5. The van der Waals surface area contributed by atoms with Gasteiger partial charge in [-0.15, -0.1) is 0 Å². The molecule has 0 fully saturated rings. The van der Waals surface area contributed by atoms with Crippen LogP contribution in [0.15, 0.2) is 97.1 Å². The van der Waals surface area contributed by atoms with E-state index in [1.54, 1.807) is 55.4 Å². The van der Waals surface area contributed by atoms with E-state index in [-0.39, 0.29) is 13.1 Å². The van der Waals surface area contributed by atoms with Gasteiger partial charge in [0.25, 0.3) is 0 Å². The summed E-state index contributed by atoms with van der Waals surface area (Å²) in [6.45, 7) is 1.94. The topological polar surface area (TPSA) is 98.7 Å². The van der Waals surface area contributed by atoms with Gasteiger partial charge in [0.15, 0.2) is 0 Å². The van der Waals surface area contributed by atoms with Crippen molar-refractivity contribution in [2.75, 3.05) is 13.1 Å². The maximum Gasteiger partial charge on any atom is 0.373 e. The molecule has 0 aliphatic rings. The number of nitrogens with one attached hydrogen (secondary N) is 1. The highest BCUT2D eigenvalue weighted by Crippen LogP contribution is 2.31. The third-order valence-electron chi connectivity index (χ3n) is 6.24. The summed E-state index contributed by atoms with van der Waals surface area (Å²) in [5.74, 6) is 0. The molecule has 0 aliphatic carbocycles. The molecule has 0 heterocycles. The molecule has 0 aromatic heterocycles. The van der Waals surface area contributed by atoms with Gasteiger partial charge in [0.1, 0.15) is 11.2 Å². The smallest absolute Gasteiger partial charge is 0.373 e. The van der Waals surface area contributed by atoms with Gasteiger partial charge in [-0.25, -0.2) is 0 Å². The first-order valence-electron chi connectivity index (χ1n) is 12.1. The SMILES string of the molecule is CB(O)NCC(O)(c1ccc(Cl)cc1)c1ccc(I)cc1.NCC(O)(c1ccc(Cl)cc1)c1ccc(I)cc1. The number of rotatable bonds is 8. The standard InChI is InChI=1S/C15H16BClINO2.C14H13ClINO/c1-16(21)19-10-15(20,11-2-6-13(17)7-3-11)12-4-8-14(18)9-5-12;15-12-5-1-10(2-6-12)14(18,9-17)11-3-7-13(16)8-4-11/h2-9,19-21H,10H2,1H3;1-8,18H,9,17H2. The normalized spacial score (nSPS) is 14.0. The van der Waals surface area contributed by atoms with E-state index in [1.165, 1.54) is 0 Å². The summed E-state index contributed by atoms with van der Waals surface area (Å²) in [7, 11) is -0.701. The number of halogens is 4. The molecule has 0 saturated carbocycles. The largest absolute Gasteiger partial charge is 0.437 e. The number of nitrogens with two attached hydrogens (primary N) is 1. The van der Waals surface area contributed by atoms with Crippen molar-refractivity contribution in [2.45, 2.75) is 18.0 Å². The molecule has 4 aromatic rings. The van der Waals surface area contributed by atoms with Crippen molar-refractivity contribution >= 4 is 75.4 Å². The molecule has 4 rings (SSSR count). The van der Waals surface area contributed by atoms with Crippen molar-refractivity contribution in [2.24, 2.45) is 5.73 Å². The van der Waals surface area contributed by atoms with Crippen molar-refractivity contribution in [1.82, 2.24) is 5.23 Å². The molecule has 2 atom stereocenters. The van der Waals surface area contributed by atoms with Crippen molar-refractivity contribution in [3.05, 3.63) is 137 Å². The average Bonchev–Trinajstić information content (AvgIpc) is 2.93. The summed E-state index contributed by atoms with van der Waals surface area (Å²) in [5, 5.41) is 35.5. The Balaban J connectivity index is 0.000000218. The molecular formula is C29H29BCl2I2N2O3. The lowest BCUT2D eigenvalue weighted by atomic mass is 9.82. The summed E-state index contributed by atoms with van der Waals surface area (Å²) in [6, 6.07) is 29.5. The monoisotopic (exact) mass is 788 g/mol. The summed E-state index contributed by atoms with van der Waals surface area (Å²) in [5.41, 5.74) is 6.38. The minimum Gasteiger partial charge on any atom is -0.437 e. The summed E-state index contributed by atoms with van der Waals surface area (Å²) in [4.78, 5) is 0. The highest BCUT2D eigenvalue weighted by Gasteiger charge is 2.32. The van der Waals surface area contributed by atoms with Crippen LogP contribution in [0.25, 0.3) is 0 Å². The lowest BCUT2D eigenvalue weighted by Gasteiger charge is -2.30. The zero-order chi connectivity index (χ0) is 28.6. The molecule has 6 N–H and O–H groups in total. The first-order chi connectivity index (χ1) is 18.5. The first kappa shape index (κ1) is 32.3. The molecule has 2 unspecified atom stereocenters. The van der Waals surface area contributed by atoms with Crippen LogP contribution < -0.4 is 11.0 Å². The molecule has 0 spiro atoms. The molecule has 204 valence electrons. The highest BCUT2D eigenvalue weighted by atomic mass is 127. The lowest BCUT2D eigenvalue weighted by Crippen LogP contribution is -2.44. The molecule has 0 aliphatic heterocycles. The first-order valence-corrected chi connectivity index (χ1v) is 15.0. The van der Waals surface area contributed by atoms with Gasteiger partial charge in [0.05, 0.1) is 0 Å². The van der Waals surface area contributed by atoms with E-state index in [0.717, 1.165) is 29.4 Å². The van der Waals surface area contributed by atoms with Crippen LogP contribution in [0.4, 0.5) is 0 Å². The fourth-order valence-electron chi connectivity index (χ4n) is 3.97. The molecule has 0 amide bonds. The van der Waals surface area contributed by atoms with Gasteiger partial charge in [-0.1, -0.05) is 71.7 Å². The molecular weight excluding hydrogens is 760 g/mol. The zero-order valence-corrected chi connectivity index (χ0v) is 27.0. The number of hydrogen-bond acceptors (Lipinski definition) is 5. The minimum atomic E-state index is -1.23. The fourth-order valence-corrected chi connectivity index (χ4v) is 4.94. The van der Waals surface area contributed by atoms with Gasteiger partial charge in [0.2, 0.25) is 0 Å². The molecule has 10 heteroatoms. The lowest BCUT2D eigenvalue weighted by molar-refractivity contribution is 0.0847. The van der Waals surface area contributed by atoms with Gasteiger partial charge >= 0.3 is 7.05 Å². The fraction of sp³-hybridized carbons (Fsp3) is 0.172. The Kier molecular flexibility index (Phi) is 12.1. The predicted octanol–water partition coefficient (Wildman–Crippen LogP) is 6.02. The van der Waals surface area contributed by atoms with Crippen LogP contribution in [-0.4, -0.2) is 35.4 Å². The van der Waals surface area contributed by atoms with E-state index in [0.29, 0.717) is 10.0 Å². The molecule has 0 radical (unpaired) electrons. The number of aliphatic hydroxyl groups is 2. The van der Waals surface area contributed by atoms with E-state index < -0.39 is 18.3 Å². The summed E-state index contributed by atoms with van der Waals surface area (Å²) >= 11 is 16.2. The third kappa shape index (κ3) is 8.64. The molecule has 4 aromatic carbocycles. The van der Waals surface area contributed by atoms with Crippen LogP contribution in [0.3, 0.4) is 0 Å². The van der Waals surface area contributed by atoms with Crippen molar-refractivity contribution in [3.8, 4) is 0 Å². The van der Waals surface area contributed by atoms with Crippen LogP contribution in [0, 0.1) is 7.14 Å². The Bertz CT molecular complexity index is 1230. The van der Waals surface area contributed by atoms with E-state index in [4.69, 9.17) is 28.9 Å². The maximum absolute atomic E-state index is 11.2. The quantitative estimate of drug-likeness (QED) is 0.111. The van der Waals surface area contributed by atoms with Crippen molar-refractivity contribution in [3.63, 3.8) is 0 Å². The van der Waals surface area contributed by atoms with Crippen LogP contribution in [0.2, 0.25) is 16.9 Å². The Labute approximate surface area is 267 Å². The Morgan fingerprint density at radius 1 is 0.667 bits per heavy atom. The molecule has 5 nitrogen and oxygen atoms in total. The average molecular weight is 789 g/mol. The highest BCUT2D eigenvalue weighted by molar-refractivity contribution is 14.1. The molecule has 39 heavy (non-hydrogen) atoms. The van der Waals surface area contributed by atoms with E-state index in [1.807, 2.05) is 48.5 Å². The zero-order valence-electron chi connectivity index (χ0n) is 21.2.